The minimum Gasteiger partial charge on any atom is -0.478 e. The minimum atomic E-state index is -0.926. The van der Waals surface area contributed by atoms with Crippen LogP contribution in [0, 0.1) is 0 Å². The van der Waals surface area contributed by atoms with E-state index in [9.17, 15) is 4.79 Å². The van der Waals surface area contributed by atoms with Crippen LogP contribution in [0.3, 0.4) is 0 Å². The second-order valence-corrected chi connectivity index (χ2v) is 9.70. The lowest BCUT2D eigenvalue weighted by atomic mass is 9.85. The van der Waals surface area contributed by atoms with E-state index in [4.69, 9.17) is 33.1 Å². The van der Waals surface area contributed by atoms with Crippen molar-refractivity contribution in [3.05, 3.63) is 68.7 Å². The molecular formula is C24H24Cl2N2O3. The number of piperidine rings is 1. The number of aromatic carboxylic acids is 1. The van der Waals surface area contributed by atoms with E-state index in [0.717, 1.165) is 65.8 Å². The zero-order valence-corrected chi connectivity index (χ0v) is 18.6. The summed E-state index contributed by atoms with van der Waals surface area (Å²) >= 11 is 12.9. The van der Waals surface area contributed by atoms with Crippen LogP contribution in [0.4, 0.5) is 0 Å². The molecule has 1 N–H and O–H groups in total. The third kappa shape index (κ3) is 4.32. The Morgan fingerprint density at radius 3 is 2.48 bits per heavy atom. The fourth-order valence-electron chi connectivity index (χ4n) is 4.55. The summed E-state index contributed by atoms with van der Waals surface area (Å²) in [6.07, 6.45) is 4.97. The average Bonchev–Trinajstić information content (AvgIpc) is 3.52. The molecule has 0 bridgehead atoms. The van der Waals surface area contributed by atoms with Gasteiger partial charge in [-0.15, -0.1) is 0 Å². The van der Waals surface area contributed by atoms with Gasteiger partial charge in [0.05, 0.1) is 11.3 Å². The maximum Gasteiger partial charge on any atom is 0.335 e. The molecule has 0 atom stereocenters. The monoisotopic (exact) mass is 458 g/mol. The molecule has 0 unspecified atom stereocenters. The Kier molecular flexibility index (Phi) is 5.45. The van der Waals surface area contributed by atoms with Gasteiger partial charge in [0, 0.05) is 48.9 Å². The van der Waals surface area contributed by atoms with Crippen molar-refractivity contribution in [3.63, 3.8) is 0 Å². The zero-order chi connectivity index (χ0) is 21.6. The summed E-state index contributed by atoms with van der Waals surface area (Å²) in [5, 5.41) is 14.9. The summed E-state index contributed by atoms with van der Waals surface area (Å²) in [5.41, 5.74) is 4.20. The maximum absolute atomic E-state index is 11.1. The first kappa shape index (κ1) is 20.8. The van der Waals surface area contributed by atoms with E-state index >= 15 is 0 Å². The maximum atomic E-state index is 11.1. The number of hydrogen-bond acceptors (Lipinski definition) is 4. The molecule has 2 aromatic rings. The van der Waals surface area contributed by atoms with Gasteiger partial charge < -0.3 is 9.94 Å². The minimum absolute atomic E-state index is 0.264. The number of benzene rings is 2. The highest BCUT2D eigenvalue weighted by molar-refractivity contribution is 6.35. The molecule has 2 aliphatic heterocycles. The smallest absolute Gasteiger partial charge is 0.335 e. The Bertz CT molecular complexity index is 1040. The Balaban J connectivity index is 1.20. The third-order valence-electron chi connectivity index (χ3n) is 6.65. The van der Waals surface area contributed by atoms with Gasteiger partial charge in [-0.2, -0.15) is 0 Å². The number of carboxylic acids is 1. The molecule has 3 aliphatic rings. The van der Waals surface area contributed by atoms with Gasteiger partial charge >= 0.3 is 5.97 Å². The number of oxime groups is 1. The number of nitrogens with zero attached hydrogens (tertiary/aromatic N) is 2. The highest BCUT2D eigenvalue weighted by Gasteiger charge is 2.42. The Morgan fingerprint density at radius 1 is 1.13 bits per heavy atom. The molecule has 5 rings (SSSR count). The molecule has 0 radical (unpaired) electrons. The summed E-state index contributed by atoms with van der Waals surface area (Å²) in [7, 11) is 0. The molecule has 1 saturated heterocycles. The lowest BCUT2D eigenvalue weighted by Gasteiger charge is -2.37. The van der Waals surface area contributed by atoms with Crippen molar-refractivity contribution in [2.45, 2.75) is 50.2 Å². The largest absolute Gasteiger partial charge is 0.478 e. The average molecular weight is 459 g/mol. The molecule has 2 aromatic carbocycles. The molecule has 2 fully saturated rings. The van der Waals surface area contributed by atoms with Crippen molar-refractivity contribution in [2.75, 3.05) is 13.1 Å². The van der Waals surface area contributed by atoms with Gasteiger partial charge in [-0.3, -0.25) is 4.90 Å². The van der Waals surface area contributed by atoms with Crippen LogP contribution in [0.2, 0.25) is 10.0 Å². The summed E-state index contributed by atoms with van der Waals surface area (Å²) in [6.45, 7) is 2.65. The third-order valence-corrected chi connectivity index (χ3v) is 7.33. The van der Waals surface area contributed by atoms with Gasteiger partial charge in [0.1, 0.15) is 5.60 Å². The molecule has 7 heteroatoms. The molecule has 162 valence electrons. The second kappa shape index (κ2) is 8.12. The standard InChI is InChI=1S/C24H24Cl2N2O3/c25-20-12-21(26)19(15-1-2-15)11-18(20)14-28-9-7-24(8-10-28)13-22(27-31-24)16-3-5-17(6-4-16)23(29)30/h3-6,11-12,15H,1-2,7-10,13-14H2,(H,29,30). The highest BCUT2D eigenvalue weighted by atomic mass is 35.5. The molecule has 1 spiro atoms. The van der Waals surface area contributed by atoms with E-state index in [1.807, 2.05) is 6.07 Å². The summed E-state index contributed by atoms with van der Waals surface area (Å²) in [6, 6.07) is 10.9. The first-order valence-corrected chi connectivity index (χ1v) is 11.5. The van der Waals surface area contributed by atoms with E-state index in [1.165, 1.54) is 18.4 Å². The SMILES string of the molecule is O=C(O)c1ccc(C2=NOC3(CCN(Cc4cc(C5CC5)c(Cl)cc4Cl)CC3)C2)cc1. The normalized spacial score (nSPS) is 20.5. The van der Waals surface area contributed by atoms with E-state index in [1.54, 1.807) is 24.3 Å². The van der Waals surface area contributed by atoms with Crippen LogP contribution in [-0.2, 0) is 11.4 Å². The van der Waals surface area contributed by atoms with Crippen molar-refractivity contribution in [3.8, 4) is 0 Å². The van der Waals surface area contributed by atoms with Gasteiger partial charge in [0.2, 0.25) is 0 Å². The van der Waals surface area contributed by atoms with Crippen LogP contribution in [0.25, 0.3) is 0 Å². The predicted molar refractivity (Wildman–Crippen MR) is 121 cm³/mol. The first-order valence-electron chi connectivity index (χ1n) is 10.7. The van der Waals surface area contributed by atoms with Gasteiger partial charge in [-0.05, 0) is 53.6 Å². The quantitative estimate of drug-likeness (QED) is 0.621. The zero-order valence-electron chi connectivity index (χ0n) is 17.1. The highest BCUT2D eigenvalue weighted by Crippen LogP contribution is 2.45. The van der Waals surface area contributed by atoms with Crippen molar-refractivity contribution in [1.82, 2.24) is 4.90 Å². The van der Waals surface area contributed by atoms with E-state index in [-0.39, 0.29) is 11.2 Å². The van der Waals surface area contributed by atoms with Gasteiger partial charge in [0.15, 0.2) is 0 Å². The lowest BCUT2D eigenvalue weighted by molar-refractivity contribution is -0.0626. The van der Waals surface area contributed by atoms with Crippen LogP contribution >= 0.6 is 23.2 Å². The first-order chi connectivity index (χ1) is 14.9. The van der Waals surface area contributed by atoms with Crippen LogP contribution in [0.5, 0.6) is 0 Å². The van der Waals surface area contributed by atoms with Crippen LogP contribution < -0.4 is 0 Å². The second-order valence-electron chi connectivity index (χ2n) is 8.89. The number of halogens is 2. The lowest BCUT2D eigenvalue weighted by Crippen LogP contribution is -2.44. The van der Waals surface area contributed by atoms with Crippen LogP contribution in [0.1, 0.15) is 65.1 Å². The van der Waals surface area contributed by atoms with Gasteiger partial charge in [-0.25, -0.2) is 4.79 Å². The van der Waals surface area contributed by atoms with E-state index in [2.05, 4.69) is 16.1 Å². The van der Waals surface area contributed by atoms with Crippen molar-refractivity contribution in [1.29, 1.82) is 0 Å². The van der Waals surface area contributed by atoms with Crippen molar-refractivity contribution < 1.29 is 14.7 Å². The molecule has 1 aliphatic carbocycles. The predicted octanol–water partition coefficient (Wildman–Crippen LogP) is 5.73. The molecular weight excluding hydrogens is 435 g/mol. The summed E-state index contributed by atoms with van der Waals surface area (Å²) in [4.78, 5) is 19.4. The number of carboxylic acid groups (broad SMARTS) is 1. The Hall–Kier alpha value is -2.08. The molecule has 0 aromatic heterocycles. The Morgan fingerprint density at radius 2 is 1.84 bits per heavy atom. The van der Waals surface area contributed by atoms with Crippen LogP contribution in [-0.4, -0.2) is 40.4 Å². The number of hydrogen-bond donors (Lipinski definition) is 1. The number of likely N-dealkylation sites (tertiary alicyclic amines) is 1. The molecule has 31 heavy (non-hydrogen) atoms. The van der Waals surface area contributed by atoms with Gasteiger partial charge in [0.25, 0.3) is 0 Å². The van der Waals surface area contributed by atoms with E-state index < -0.39 is 5.97 Å². The van der Waals surface area contributed by atoms with Crippen molar-refractivity contribution >= 4 is 34.9 Å². The topological polar surface area (TPSA) is 62.1 Å². The fraction of sp³-hybridized carbons (Fsp3) is 0.417. The summed E-state index contributed by atoms with van der Waals surface area (Å²) in [5.74, 6) is -0.329. The van der Waals surface area contributed by atoms with E-state index in [0.29, 0.717) is 5.92 Å². The number of carbonyl (C=O) groups is 1. The van der Waals surface area contributed by atoms with Gasteiger partial charge in [-0.1, -0.05) is 46.6 Å². The Labute approximate surface area is 191 Å². The number of rotatable bonds is 5. The van der Waals surface area contributed by atoms with Crippen LogP contribution in [0.15, 0.2) is 41.6 Å². The summed E-state index contributed by atoms with van der Waals surface area (Å²) < 4.78 is 0. The fourth-order valence-corrected chi connectivity index (χ4v) is 5.15. The molecule has 5 nitrogen and oxygen atoms in total. The molecule has 2 heterocycles. The molecule has 1 saturated carbocycles. The molecule has 0 amide bonds. The van der Waals surface area contributed by atoms with Crippen molar-refractivity contribution in [2.24, 2.45) is 5.16 Å².